The molecule has 0 spiro atoms. The van der Waals surface area contributed by atoms with Gasteiger partial charge >= 0.3 is 0 Å². The summed E-state index contributed by atoms with van der Waals surface area (Å²) in [5.74, 6) is -0.156. The lowest BCUT2D eigenvalue weighted by Gasteiger charge is -2.27. The van der Waals surface area contributed by atoms with E-state index in [2.05, 4.69) is 25.8 Å². The van der Waals surface area contributed by atoms with Crippen LogP contribution in [0.2, 0.25) is 0 Å². The first-order chi connectivity index (χ1) is 9.72. The van der Waals surface area contributed by atoms with Crippen molar-refractivity contribution in [2.75, 3.05) is 26.3 Å². The highest BCUT2D eigenvalue weighted by atomic mass is 79.9. The molecule has 0 unspecified atom stereocenters. The zero-order valence-corrected chi connectivity index (χ0v) is 13.1. The van der Waals surface area contributed by atoms with Crippen molar-refractivity contribution in [1.29, 1.82) is 0 Å². The second-order valence-corrected chi connectivity index (χ2v) is 6.39. The van der Waals surface area contributed by atoms with Gasteiger partial charge in [0.05, 0.1) is 18.1 Å². The number of benzene rings is 1. The third-order valence-corrected chi connectivity index (χ3v) is 4.57. The Morgan fingerprint density at radius 3 is 2.90 bits per heavy atom. The molecule has 1 saturated heterocycles. The van der Waals surface area contributed by atoms with Crippen LogP contribution in [0.15, 0.2) is 38.6 Å². The molecule has 0 aliphatic carbocycles. The van der Waals surface area contributed by atoms with Crippen LogP contribution in [-0.4, -0.2) is 42.3 Å². The maximum Gasteiger partial charge on any atom is 0.286 e. The van der Waals surface area contributed by atoms with Gasteiger partial charge < -0.3 is 9.64 Å². The van der Waals surface area contributed by atoms with Gasteiger partial charge in [0.1, 0.15) is 0 Å². The molecule has 1 aromatic rings. The molecule has 20 heavy (non-hydrogen) atoms. The summed E-state index contributed by atoms with van der Waals surface area (Å²) in [5.41, 5.74) is 0.994. The van der Waals surface area contributed by atoms with E-state index in [1.54, 1.807) is 0 Å². The van der Waals surface area contributed by atoms with E-state index >= 15 is 0 Å². The normalized spacial score (nSPS) is 21.4. The van der Waals surface area contributed by atoms with Gasteiger partial charge in [0.25, 0.3) is 5.91 Å². The Hall–Kier alpha value is -1.11. The van der Waals surface area contributed by atoms with Crippen molar-refractivity contribution >= 4 is 44.8 Å². The number of ether oxygens (including phenoxy) is 1. The van der Waals surface area contributed by atoms with Crippen molar-refractivity contribution in [1.82, 2.24) is 4.90 Å². The maximum atomic E-state index is 12.0. The molecule has 0 N–H and O–H groups in total. The summed E-state index contributed by atoms with van der Waals surface area (Å²) < 4.78 is 6.31. The number of morpholine rings is 1. The number of thioether (sulfide) groups is 1. The standard InChI is InChI=1S/C14H13BrN2O2S/c15-11-3-1-2-10(8-11)9-12-13(18)16-14(20-12)17-4-6-19-7-5-17/h1-3,8-9H,4-7H2. The Kier molecular flexibility index (Phi) is 4.24. The maximum absolute atomic E-state index is 12.0. The average Bonchev–Trinajstić information content (AvgIpc) is 2.81. The summed E-state index contributed by atoms with van der Waals surface area (Å²) in [6.45, 7) is 2.98. The third kappa shape index (κ3) is 3.13. The van der Waals surface area contributed by atoms with Gasteiger partial charge in [0.2, 0.25) is 0 Å². The van der Waals surface area contributed by atoms with Gasteiger partial charge in [-0.15, -0.1) is 0 Å². The first-order valence-electron chi connectivity index (χ1n) is 6.33. The first kappa shape index (κ1) is 13.9. The van der Waals surface area contributed by atoms with Crippen LogP contribution in [0.5, 0.6) is 0 Å². The summed E-state index contributed by atoms with van der Waals surface area (Å²) in [5, 5.41) is 0.791. The fourth-order valence-corrected chi connectivity index (χ4v) is 3.42. The van der Waals surface area contributed by atoms with E-state index in [1.165, 1.54) is 11.8 Å². The van der Waals surface area contributed by atoms with Gasteiger partial charge in [-0.05, 0) is 35.5 Å². The summed E-state index contributed by atoms with van der Waals surface area (Å²) in [6.07, 6.45) is 1.88. The van der Waals surface area contributed by atoms with Gasteiger partial charge in [-0.25, -0.2) is 0 Å². The second kappa shape index (κ2) is 6.11. The zero-order chi connectivity index (χ0) is 13.9. The Bertz CT molecular complexity index is 595. The molecule has 3 rings (SSSR count). The fourth-order valence-electron chi connectivity index (χ4n) is 2.04. The summed E-state index contributed by atoms with van der Waals surface area (Å²) in [4.78, 5) is 18.9. The molecule has 2 aliphatic rings. The van der Waals surface area contributed by atoms with E-state index in [0.29, 0.717) is 18.1 Å². The highest BCUT2D eigenvalue weighted by molar-refractivity contribution is 9.10. The number of aliphatic imine (C=N–C) groups is 1. The van der Waals surface area contributed by atoms with Gasteiger partial charge in [0.15, 0.2) is 5.17 Å². The number of amides is 1. The molecule has 1 amide bonds. The number of carbonyl (C=O) groups excluding carboxylic acids is 1. The summed E-state index contributed by atoms with van der Waals surface area (Å²) >= 11 is 4.87. The van der Waals surface area contributed by atoms with Gasteiger partial charge in [-0.1, -0.05) is 28.1 Å². The van der Waals surface area contributed by atoms with E-state index in [4.69, 9.17) is 4.74 Å². The molecule has 2 aliphatic heterocycles. The number of rotatable bonds is 1. The van der Waals surface area contributed by atoms with Crippen molar-refractivity contribution in [3.05, 3.63) is 39.2 Å². The quantitative estimate of drug-likeness (QED) is 0.728. The lowest BCUT2D eigenvalue weighted by molar-refractivity contribution is -0.113. The summed E-state index contributed by atoms with van der Waals surface area (Å²) in [7, 11) is 0. The minimum absolute atomic E-state index is 0.156. The van der Waals surface area contributed by atoms with Crippen molar-refractivity contribution < 1.29 is 9.53 Å². The Labute approximate surface area is 130 Å². The molecule has 0 atom stereocenters. The van der Waals surface area contributed by atoms with E-state index in [1.807, 2.05) is 30.3 Å². The monoisotopic (exact) mass is 352 g/mol. The number of carbonyl (C=O) groups is 1. The number of hydrogen-bond donors (Lipinski definition) is 0. The zero-order valence-electron chi connectivity index (χ0n) is 10.7. The van der Waals surface area contributed by atoms with Gasteiger partial charge in [-0.2, -0.15) is 4.99 Å². The van der Waals surface area contributed by atoms with E-state index in [0.717, 1.165) is 28.3 Å². The lowest BCUT2D eigenvalue weighted by atomic mass is 10.2. The van der Waals surface area contributed by atoms with Crippen LogP contribution in [-0.2, 0) is 9.53 Å². The van der Waals surface area contributed by atoms with Crippen LogP contribution in [0, 0.1) is 0 Å². The SMILES string of the molecule is O=C1N=C(N2CCOCC2)SC1=Cc1cccc(Br)c1. The predicted octanol–water partition coefficient (Wildman–Crippen LogP) is 2.75. The van der Waals surface area contributed by atoms with Crippen molar-refractivity contribution in [2.45, 2.75) is 0 Å². The molecule has 104 valence electrons. The molecular formula is C14H13BrN2O2S. The smallest absolute Gasteiger partial charge is 0.286 e. The van der Waals surface area contributed by atoms with Crippen molar-refractivity contribution in [3.8, 4) is 0 Å². The van der Waals surface area contributed by atoms with Gasteiger partial charge in [-0.3, -0.25) is 4.79 Å². The highest BCUT2D eigenvalue weighted by Gasteiger charge is 2.26. The molecule has 0 saturated carbocycles. The van der Waals surface area contributed by atoms with Crippen LogP contribution in [0.1, 0.15) is 5.56 Å². The van der Waals surface area contributed by atoms with Crippen molar-refractivity contribution in [2.24, 2.45) is 4.99 Å². The molecular weight excluding hydrogens is 340 g/mol. The number of halogens is 1. The summed E-state index contributed by atoms with van der Waals surface area (Å²) in [6, 6.07) is 7.86. The predicted molar refractivity (Wildman–Crippen MR) is 84.5 cm³/mol. The molecule has 6 heteroatoms. The number of amidine groups is 1. The minimum atomic E-state index is -0.156. The molecule has 2 heterocycles. The van der Waals surface area contributed by atoms with E-state index < -0.39 is 0 Å². The van der Waals surface area contributed by atoms with Crippen LogP contribution in [0.4, 0.5) is 0 Å². The van der Waals surface area contributed by atoms with Crippen molar-refractivity contribution in [3.63, 3.8) is 0 Å². The third-order valence-electron chi connectivity index (χ3n) is 3.04. The molecule has 1 aromatic carbocycles. The highest BCUT2D eigenvalue weighted by Crippen LogP contribution is 2.30. The largest absolute Gasteiger partial charge is 0.378 e. The Morgan fingerprint density at radius 1 is 1.35 bits per heavy atom. The fraction of sp³-hybridized carbons (Fsp3) is 0.286. The molecule has 0 aromatic heterocycles. The second-order valence-electron chi connectivity index (χ2n) is 4.46. The first-order valence-corrected chi connectivity index (χ1v) is 7.94. The molecule has 0 radical (unpaired) electrons. The molecule has 4 nitrogen and oxygen atoms in total. The minimum Gasteiger partial charge on any atom is -0.378 e. The number of hydrogen-bond acceptors (Lipinski definition) is 4. The average molecular weight is 353 g/mol. The van der Waals surface area contributed by atoms with Gasteiger partial charge in [0, 0.05) is 17.6 Å². The van der Waals surface area contributed by atoms with E-state index in [9.17, 15) is 4.79 Å². The van der Waals surface area contributed by atoms with E-state index in [-0.39, 0.29) is 5.91 Å². The Balaban J connectivity index is 1.76. The molecule has 0 bridgehead atoms. The van der Waals surface area contributed by atoms with Crippen LogP contribution in [0.3, 0.4) is 0 Å². The number of nitrogens with zero attached hydrogens (tertiary/aromatic N) is 2. The van der Waals surface area contributed by atoms with Crippen LogP contribution >= 0.6 is 27.7 Å². The Morgan fingerprint density at radius 2 is 2.15 bits per heavy atom. The lowest BCUT2D eigenvalue weighted by Crippen LogP contribution is -2.38. The van der Waals surface area contributed by atoms with Crippen LogP contribution < -0.4 is 0 Å². The van der Waals surface area contributed by atoms with Crippen LogP contribution in [0.25, 0.3) is 6.08 Å². The molecule has 1 fully saturated rings. The topological polar surface area (TPSA) is 41.9 Å².